The largest absolute Gasteiger partial charge is 0.469 e. The van der Waals surface area contributed by atoms with Gasteiger partial charge in [0.2, 0.25) is 0 Å². The molecule has 2 unspecified atom stereocenters. The molecule has 0 saturated heterocycles. The summed E-state index contributed by atoms with van der Waals surface area (Å²) >= 11 is 0. The number of carbonyl (C=O) groups is 2. The van der Waals surface area contributed by atoms with E-state index < -0.39 is 5.54 Å². The third kappa shape index (κ3) is 3.57. The van der Waals surface area contributed by atoms with Gasteiger partial charge in [-0.1, -0.05) is 26.7 Å². The number of hydrogen-bond donors (Lipinski definition) is 1. The van der Waals surface area contributed by atoms with E-state index in [-0.39, 0.29) is 23.7 Å². The van der Waals surface area contributed by atoms with E-state index in [9.17, 15) is 9.59 Å². The van der Waals surface area contributed by atoms with Gasteiger partial charge in [-0.15, -0.1) is 0 Å². The number of amides is 1. The Hall–Kier alpha value is -1.85. The van der Waals surface area contributed by atoms with Gasteiger partial charge >= 0.3 is 5.97 Å². The lowest BCUT2D eigenvalue weighted by atomic mass is 9.73. The first kappa shape index (κ1) is 17.5. The number of ether oxygens (including phenoxy) is 1. The second-order valence-electron chi connectivity index (χ2n) is 6.93. The first-order valence-corrected chi connectivity index (χ1v) is 8.22. The molecule has 2 rings (SSSR count). The van der Waals surface area contributed by atoms with Gasteiger partial charge in [-0.2, -0.15) is 5.10 Å². The van der Waals surface area contributed by atoms with Crippen molar-refractivity contribution in [1.29, 1.82) is 0 Å². The fourth-order valence-corrected chi connectivity index (χ4v) is 3.31. The van der Waals surface area contributed by atoms with Crippen LogP contribution in [0.1, 0.15) is 68.6 Å². The van der Waals surface area contributed by atoms with E-state index >= 15 is 0 Å². The van der Waals surface area contributed by atoms with E-state index in [0.717, 1.165) is 31.4 Å². The summed E-state index contributed by atoms with van der Waals surface area (Å²) in [6.45, 7) is 6.02. The number of aryl methyl sites for hydroxylation is 1. The topological polar surface area (TPSA) is 73.2 Å². The molecule has 6 nitrogen and oxygen atoms in total. The zero-order chi connectivity index (χ0) is 17.2. The monoisotopic (exact) mass is 321 g/mol. The Morgan fingerprint density at radius 3 is 2.70 bits per heavy atom. The first-order chi connectivity index (χ1) is 10.8. The molecule has 1 aliphatic carbocycles. The van der Waals surface area contributed by atoms with Crippen LogP contribution in [0.25, 0.3) is 0 Å². The molecule has 1 aromatic rings. The number of rotatable bonds is 4. The van der Waals surface area contributed by atoms with Crippen molar-refractivity contribution in [2.75, 3.05) is 7.11 Å². The first-order valence-electron chi connectivity index (χ1n) is 8.22. The highest BCUT2D eigenvalue weighted by molar-refractivity contribution is 5.93. The van der Waals surface area contributed by atoms with Crippen LogP contribution in [-0.4, -0.2) is 34.3 Å². The molecular formula is C17H27N3O3. The fourth-order valence-electron chi connectivity index (χ4n) is 3.31. The third-order valence-corrected chi connectivity index (χ3v) is 4.82. The molecule has 0 bridgehead atoms. The average molecular weight is 321 g/mol. The summed E-state index contributed by atoms with van der Waals surface area (Å²) in [5, 5.41) is 7.45. The van der Waals surface area contributed by atoms with Crippen molar-refractivity contribution in [2.45, 2.75) is 57.9 Å². The maximum Gasteiger partial charge on any atom is 0.311 e. The van der Waals surface area contributed by atoms with Gasteiger partial charge in [-0.25, -0.2) is 0 Å². The Morgan fingerprint density at radius 2 is 2.13 bits per heavy atom. The van der Waals surface area contributed by atoms with E-state index in [0.29, 0.717) is 5.69 Å². The molecule has 1 saturated carbocycles. The van der Waals surface area contributed by atoms with Crippen molar-refractivity contribution in [2.24, 2.45) is 13.0 Å². The highest BCUT2D eigenvalue weighted by Crippen LogP contribution is 2.34. The smallest absolute Gasteiger partial charge is 0.311 e. The summed E-state index contributed by atoms with van der Waals surface area (Å²) in [6.07, 6.45) is 3.49. The molecule has 6 heteroatoms. The van der Waals surface area contributed by atoms with Gasteiger partial charge in [0.25, 0.3) is 5.91 Å². The molecule has 1 N–H and O–H groups in total. The van der Waals surface area contributed by atoms with Crippen LogP contribution in [-0.2, 0) is 16.6 Å². The molecule has 1 aromatic heterocycles. The van der Waals surface area contributed by atoms with E-state index in [1.54, 1.807) is 11.7 Å². The normalized spacial score (nSPS) is 24.5. The van der Waals surface area contributed by atoms with Crippen LogP contribution in [0.2, 0.25) is 0 Å². The van der Waals surface area contributed by atoms with Crippen LogP contribution in [0.3, 0.4) is 0 Å². The van der Waals surface area contributed by atoms with Gasteiger partial charge in [0.1, 0.15) is 5.69 Å². The Labute approximate surface area is 137 Å². The lowest BCUT2D eigenvalue weighted by molar-refractivity contribution is -0.149. The number of methoxy groups -OCH3 is 1. The van der Waals surface area contributed by atoms with E-state index in [1.807, 2.05) is 26.8 Å². The van der Waals surface area contributed by atoms with E-state index in [1.165, 1.54) is 7.11 Å². The standard InChI is InChI=1S/C17H27N3O3/c1-11(2)13-10-14(20(4)19-13)15(21)18-17(3)9-7-6-8-12(17)16(22)23-5/h10-12H,6-9H2,1-5H3,(H,18,21). The third-order valence-electron chi connectivity index (χ3n) is 4.82. The van der Waals surface area contributed by atoms with Gasteiger partial charge in [-0.3, -0.25) is 14.3 Å². The minimum Gasteiger partial charge on any atom is -0.469 e. The molecular weight excluding hydrogens is 294 g/mol. The number of nitrogens with zero attached hydrogens (tertiary/aromatic N) is 2. The molecule has 0 spiro atoms. The molecule has 128 valence electrons. The van der Waals surface area contributed by atoms with Gasteiger partial charge in [-0.05, 0) is 31.7 Å². The lowest BCUT2D eigenvalue weighted by Crippen LogP contribution is -2.55. The zero-order valence-corrected chi connectivity index (χ0v) is 14.7. The zero-order valence-electron chi connectivity index (χ0n) is 14.7. The Kier molecular flexibility index (Phi) is 5.12. The SMILES string of the molecule is COC(=O)C1CCCCC1(C)NC(=O)c1cc(C(C)C)nn1C. The molecule has 0 aliphatic heterocycles. The molecule has 1 fully saturated rings. The molecule has 0 radical (unpaired) electrons. The maximum absolute atomic E-state index is 12.7. The van der Waals surface area contributed by atoms with Crippen LogP contribution in [0.4, 0.5) is 0 Å². The van der Waals surface area contributed by atoms with Crippen molar-refractivity contribution < 1.29 is 14.3 Å². The van der Waals surface area contributed by atoms with Crippen molar-refractivity contribution in [3.05, 3.63) is 17.5 Å². The van der Waals surface area contributed by atoms with E-state index in [2.05, 4.69) is 10.4 Å². The van der Waals surface area contributed by atoms with Crippen molar-refractivity contribution in [3.8, 4) is 0 Å². The van der Waals surface area contributed by atoms with Crippen LogP contribution < -0.4 is 5.32 Å². The Bertz CT molecular complexity index is 594. The van der Waals surface area contributed by atoms with Crippen molar-refractivity contribution in [3.63, 3.8) is 0 Å². The second-order valence-corrected chi connectivity index (χ2v) is 6.93. The number of carbonyl (C=O) groups excluding carboxylic acids is 2. The molecule has 2 atom stereocenters. The summed E-state index contributed by atoms with van der Waals surface area (Å²) in [5.41, 5.74) is 0.824. The summed E-state index contributed by atoms with van der Waals surface area (Å²) in [6, 6.07) is 1.82. The summed E-state index contributed by atoms with van der Waals surface area (Å²) in [5.74, 6) is -0.482. The molecule has 0 aromatic carbocycles. The van der Waals surface area contributed by atoms with E-state index in [4.69, 9.17) is 4.74 Å². The minimum atomic E-state index is -0.579. The Morgan fingerprint density at radius 1 is 1.43 bits per heavy atom. The van der Waals surface area contributed by atoms with Crippen LogP contribution in [0.15, 0.2) is 6.07 Å². The fraction of sp³-hybridized carbons (Fsp3) is 0.706. The van der Waals surface area contributed by atoms with Gasteiger partial charge in [0, 0.05) is 7.05 Å². The predicted octanol–water partition coefficient (Wildman–Crippen LogP) is 2.40. The molecule has 1 aliphatic rings. The maximum atomic E-state index is 12.7. The minimum absolute atomic E-state index is 0.190. The lowest BCUT2D eigenvalue weighted by Gasteiger charge is -2.40. The number of nitrogens with one attached hydrogen (secondary N) is 1. The van der Waals surface area contributed by atoms with Crippen molar-refractivity contribution >= 4 is 11.9 Å². The average Bonchev–Trinajstić information content (AvgIpc) is 2.89. The van der Waals surface area contributed by atoms with Crippen LogP contribution in [0, 0.1) is 5.92 Å². The summed E-state index contributed by atoms with van der Waals surface area (Å²) in [4.78, 5) is 24.8. The van der Waals surface area contributed by atoms with Crippen LogP contribution >= 0.6 is 0 Å². The highest BCUT2D eigenvalue weighted by Gasteiger charge is 2.43. The second kappa shape index (κ2) is 6.72. The highest BCUT2D eigenvalue weighted by atomic mass is 16.5. The summed E-state index contributed by atoms with van der Waals surface area (Å²) in [7, 11) is 3.16. The van der Waals surface area contributed by atoms with Crippen LogP contribution in [0.5, 0.6) is 0 Å². The number of esters is 1. The molecule has 23 heavy (non-hydrogen) atoms. The van der Waals surface area contributed by atoms with Gasteiger partial charge in [0.15, 0.2) is 0 Å². The quantitative estimate of drug-likeness (QED) is 0.864. The number of aromatic nitrogens is 2. The summed E-state index contributed by atoms with van der Waals surface area (Å²) < 4.78 is 6.53. The van der Waals surface area contributed by atoms with Crippen molar-refractivity contribution in [1.82, 2.24) is 15.1 Å². The molecule has 1 heterocycles. The van der Waals surface area contributed by atoms with Gasteiger partial charge in [0.05, 0.1) is 24.3 Å². The van der Waals surface area contributed by atoms with Gasteiger partial charge < -0.3 is 10.1 Å². The molecule has 1 amide bonds. The Balaban J connectivity index is 2.21. The number of hydrogen-bond acceptors (Lipinski definition) is 4. The predicted molar refractivity (Wildman–Crippen MR) is 87.1 cm³/mol.